The van der Waals surface area contributed by atoms with Gasteiger partial charge in [-0.3, -0.25) is 9.59 Å². The molecule has 0 saturated carbocycles. The van der Waals surface area contributed by atoms with Gasteiger partial charge in [-0.1, -0.05) is 35.5 Å². The first-order chi connectivity index (χ1) is 15.5. The summed E-state index contributed by atoms with van der Waals surface area (Å²) in [7, 11) is 0. The summed E-state index contributed by atoms with van der Waals surface area (Å²) in [6, 6.07) is 15.6. The third-order valence-electron chi connectivity index (χ3n) is 6.49. The predicted molar refractivity (Wildman–Crippen MR) is 120 cm³/mol. The third-order valence-corrected chi connectivity index (χ3v) is 6.49. The molecule has 1 aromatic heterocycles. The third kappa shape index (κ3) is 3.68. The number of likely N-dealkylation sites (tertiary alicyclic amines) is 1. The first kappa shape index (κ1) is 20.4. The molecule has 1 atom stereocenters. The van der Waals surface area contributed by atoms with Crippen LogP contribution in [-0.4, -0.2) is 46.0 Å². The molecule has 2 aliphatic rings. The Morgan fingerprint density at radius 3 is 2.44 bits per heavy atom. The van der Waals surface area contributed by atoms with Crippen LogP contribution in [0.15, 0.2) is 53.1 Å². The molecule has 0 bridgehead atoms. The first-order valence-corrected chi connectivity index (χ1v) is 11.1. The van der Waals surface area contributed by atoms with Crippen LogP contribution in [-0.2, 0) is 11.2 Å². The van der Waals surface area contributed by atoms with Gasteiger partial charge in [-0.05, 0) is 49.9 Å². The standard InChI is InChI=1S/C25H26N4O3/c1-16-15-21-5-3-4-6-22(21)29(16)25(31)20-11-13-28(14-12-20)24(30)19-9-7-18(8-10-19)23-26-17(2)32-27-23/h3-10,16,20H,11-15H2,1-2H3/t16-/m0/s1. The number of nitrogens with zero attached hydrogens (tertiary/aromatic N) is 4. The molecular weight excluding hydrogens is 404 g/mol. The van der Waals surface area contributed by atoms with Gasteiger partial charge < -0.3 is 14.3 Å². The second kappa shape index (κ2) is 8.22. The largest absolute Gasteiger partial charge is 0.339 e. The smallest absolute Gasteiger partial charge is 0.253 e. The highest BCUT2D eigenvalue weighted by atomic mass is 16.5. The molecule has 5 rings (SSSR count). The summed E-state index contributed by atoms with van der Waals surface area (Å²) in [5, 5.41) is 3.91. The number of anilines is 1. The van der Waals surface area contributed by atoms with Gasteiger partial charge in [-0.25, -0.2) is 0 Å². The second-order valence-electron chi connectivity index (χ2n) is 8.67. The molecule has 0 N–H and O–H groups in total. The SMILES string of the molecule is Cc1nc(-c2ccc(C(=O)N3CCC(C(=O)N4c5ccccc5C[C@@H]4C)CC3)cc2)no1. The molecule has 3 aromatic rings. The number of para-hydroxylation sites is 1. The molecule has 0 spiro atoms. The number of hydrogen-bond donors (Lipinski definition) is 0. The van der Waals surface area contributed by atoms with Gasteiger partial charge in [0.1, 0.15) is 0 Å². The van der Waals surface area contributed by atoms with Crippen LogP contribution < -0.4 is 4.90 Å². The molecule has 0 aliphatic carbocycles. The zero-order chi connectivity index (χ0) is 22.2. The highest BCUT2D eigenvalue weighted by Crippen LogP contribution is 2.34. The summed E-state index contributed by atoms with van der Waals surface area (Å²) in [6.07, 6.45) is 2.28. The van der Waals surface area contributed by atoms with Crippen LogP contribution in [0.3, 0.4) is 0 Å². The van der Waals surface area contributed by atoms with E-state index in [1.54, 1.807) is 19.1 Å². The number of rotatable bonds is 3. The molecule has 2 aliphatic heterocycles. The topological polar surface area (TPSA) is 79.5 Å². The summed E-state index contributed by atoms with van der Waals surface area (Å²) in [6.45, 7) is 5.03. The zero-order valence-electron chi connectivity index (χ0n) is 18.3. The van der Waals surface area contributed by atoms with Gasteiger partial charge in [0, 0.05) is 48.8 Å². The molecule has 164 valence electrons. The Bertz CT molecular complexity index is 1150. The van der Waals surface area contributed by atoms with Gasteiger partial charge in [-0.2, -0.15) is 4.98 Å². The lowest BCUT2D eigenvalue weighted by molar-refractivity contribution is -0.124. The number of aromatic nitrogens is 2. The van der Waals surface area contributed by atoms with E-state index in [1.165, 1.54) is 5.56 Å². The van der Waals surface area contributed by atoms with E-state index in [0.717, 1.165) is 17.7 Å². The van der Waals surface area contributed by atoms with Crippen molar-refractivity contribution in [3.63, 3.8) is 0 Å². The van der Waals surface area contributed by atoms with Crippen LogP contribution >= 0.6 is 0 Å². The Morgan fingerprint density at radius 2 is 1.75 bits per heavy atom. The van der Waals surface area contributed by atoms with Crippen molar-refractivity contribution >= 4 is 17.5 Å². The van der Waals surface area contributed by atoms with E-state index in [4.69, 9.17) is 4.52 Å². The highest BCUT2D eigenvalue weighted by Gasteiger charge is 2.36. The minimum atomic E-state index is -0.0449. The maximum atomic E-state index is 13.3. The molecule has 2 amide bonds. The van der Waals surface area contributed by atoms with E-state index >= 15 is 0 Å². The van der Waals surface area contributed by atoms with Crippen LogP contribution in [0.2, 0.25) is 0 Å². The minimum Gasteiger partial charge on any atom is -0.339 e. The van der Waals surface area contributed by atoms with E-state index in [2.05, 4.69) is 23.1 Å². The van der Waals surface area contributed by atoms with Gasteiger partial charge in [0.05, 0.1) is 0 Å². The van der Waals surface area contributed by atoms with Crippen LogP contribution in [0.5, 0.6) is 0 Å². The van der Waals surface area contributed by atoms with Crippen LogP contribution in [0.1, 0.15) is 41.6 Å². The van der Waals surface area contributed by atoms with E-state index in [1.807, 2.05) is 40.1 Å². The Labute approximate surface area is 187 Å². The second-order valence-corrected chi connectivity index (χ2v) is 8.67. The van der Waals surface area contributed by atoms with Crippen molar-refractivity contribution in [2.45, 2.75) is 39.2 Å². The molecule has 0 radical (unpaired) electrons. The van der Waals surface area contributed by atoms with Crippen molar-refractivity contribution < 1.29 is 14.1 Å². The molecule has 0 unspecified atom stereocenters. The number of carbonyl (C=O) groups excluding carboxylic acids is 2. The summed E-state index contributed by atoms with van der Waals surface area (Å²) < 4.78 is 5.02. The summed E-state index contributed by atoms with van der Waals surface area (Å²) in [5.41, 5.74) is 3.71. The summed E-state index contributed by atoms with van der Waals surface area (Å²) >= 11 is 0. The quantitative estimate of drug-likeness (QED) is 0.630. The monoisotopic (exact) mass is 430 g/mol. The van der Waals surface area contributed by atoms with Gasteiger partial charge in [0.2, 0.25) is 17.6 Å². The summed E-state index contributed by atoms with van der Waals surface area (Å²) in [4.78, 5) is 34.3. The van der Waals surface area contributed by atoms with Crippen molar-refractivity contribution in [1.82, 2.24) is 15.0 Å². The van der Waals surface area contributed by atoms with Crippen LogP contribution in [0.4, 0.5) is 5.69 Å². The number of benzene rings is 2. The maximum Gasteiger partial charge on any atom is 0.253 e. The molecule has 7 heteroatoms. The number of aryl methyl sites for hydroxylation is 1. The lowest BCUT2D eigenvalue weighted by Gasteiger charge is -2.34. The molecule has 1 saturated heterocycles. The van der Waals surface area contributed by atoms with Crippen molar-refractivity contribution in [3.05, 3.63) is 65.5 Å². The van der Waals surface area contributed by atoms with Crippen molar-refractivity contribution in [3.8, 4) is 11.4 Å². The molecular formula is C25H26N4O3. The van der Waals surface area contributed by atoms with Crippen LogP contribution in [0.25, 0.3) is 11.4 Å². The number of hydrogen-bond acceptors (Lipinski definition) is 5. The molecule has 3 heterocycles. The van der Waals surface area contributed by atoms with Crippen molar-refractivity contribution in [2.24, 2.45) is 5.92 Å². The molecule has 1 fully saturated rings. The van der Waals surface area contributed by atoms with Gasteiger partial charge >= 0.3 is 0 Å². The summed E-state index contributed by atoms with van der Waals surface area (Å²) in [5.74, 6) is 1.15. The zero-order valence-corrected chi connectivity index (χ0v) is 18.3. The van der Waals surface area contributed by atoms with Crippen molar-refractivity contribution in [1.29, 1.82) is 0 Å². The average molecular weight is 431 g/mol. The van der Waals surface area contributed by atoms with Crippen molar-refractivity contribution in [2.75, 3.05) is 18.0 Å². The van der Waals surface area contributed by atoms with E-state index in [-0.39, 0.29) is 23.8 Å². The first-order valence-electron chi connectivity index (χ1n) is 11.1. The number of amides is 2. The number of fused-ring (bicyclic) bond motifs is 1. The minimum absolute atomic E-state index is 0.00775. The van der Waals surface area contributed by atoms with Gasteiger partial charge in [0.25, 0.3) is 5.91 Å². The lowest BCUT2D eigenvalue weighted by atomic mass is 9.94. The lowest BCUT2D eigenvalue weighted by Crippen LogP contribution is -2.46. The van der Waals surface area contributed by atoms with Crippen LogP contribution in [0, 0.1) is 12.8 Å². The predicted octanol–water partition coefficient (Wildman–Crippen LogP) is 3.88. The Balaban J connectivity index is 1.22. The molecule has 32 heavy (non-hydrogen) atoms. The van der Waals surface area contributed by atoms with E-state index < -0.39 is 0 Å². The Morgan fingerprint density at radius 1 is 1.03 bits per heavy atom. The van der Waals surface area contributed by atoms with E-state index in [9.17, 15) is 9.59 Å². The normalized spacial score (nSPS) is 18.6. The fraction of sp³-hybridized carbons (Fsp3) is 0.360. The Hall–Kier alpha value is -3.48. The molecule has 2 aromatic carbocycles. The Kier molecular flexibility index (Phi) is 5.25. The van der Waals surface area contributed by atoms with E-state index in [0.29, 0.717) is 43.2 Å². The average Bonchev–Trinajstić information content (AvgIpc) is 3.40. The molecule has 7 nitrogen and oxygen atoms in total. The highest BCUT2D eigenvalue weighted by molar-refractivity contribution is 5.98. The fourth-order valence-electron chi connectivity index (χ4n) is 4.79. The fourth-order valence-corrected chi connectivity index (χ4v) is 4.79. The maximum absolute atomic E-state index is 13.3. The number of piperidine rings is 1. The van der Waals surface area contributed by atoms with Gasteiger partial charge in [-0.15, -0.1) is 0 Å². The number of carbonyl (C=O) groups is 2. The van der Waals surface area contributed by atoms with Gasteiger partial charge in [0.15, 0.2) is 0 Å².